The zero-order valence-electron chi connectivity index (χ0n) is 11.3. The summed E-state index contributed by atoms with van der Waals surface area (Å²) in [6, 6.07) is 0.858. The lowest BCUT2D eigenvalue weighted by atomic mass is 9.64. The molecule has 3 N–H and O–H groups in total. The standard InChI is InChI=1S/C14H26N2O/c1-4-17-13-8-12(14(13,2)3)16-9-10-5-6-11(15)7-10/h5-6,10-13,16H,4,7-9,15H2,1-3H3. The van der Waals surface area contributed by atoms with Crippen LogP contribution in [0, 0.1) is 11.3 Å². The van der Waals surface area contributed by atoms with Crippen LogP contribution in [0.15, 0.2) is 12.2 Å². The van der Waals surface area contributed by atoms with E-state index < -0.39 is 0 Å². The van der Waals surface area contributed by atoms with Crippen LogP contribution >= 0.6 is 0 Å². The second-order valence-corrected chi connectivity index (χ2v) is 6.01. The molecule has 1 fully saturated rings. The fourth-order valence-electron chi connectivity index (χ4n) is 2.97. The van der Waals surface area contributed by atoms with Gasteiger partial charge in [-0.1, -0.05) is 26.0 Å². The molecule has 0 amide bonds. The van der Waals surface area contributed by atoms with E-state index in [0.29, 0.717) is 18.1 Å². The van der Waals surface area contributed by atoms with Gasteiger partial charge in [0.2, 0.25) is 0 Å². The van der Waals surface area contributed by atoms with Gasteiger partial charge in [0.05, 0.1) is 6.10 Å². The van der Waals surface area contributed by atoms with Crippen LogP contribution in [0.1, 0.15) is 33.6 Å². The first kappa shape index (κ1) is 13.1. The fourth-order valence-corrected chi connectivity index (χ4v) is 2.97. The highest BCUT2D eigenvalue weighted by Gasteiger charge is 2.48. The summed E-state index contributed by atoms with van der Waals surface area (Å²) in [5.74, 6) is 0.618. The SMILES string of the molecule is CCOC1CC(NCC2C=CC(N)C2)C1(C)C. The molecule has 3 nitrogen and oxygen atoms in total. The molecular weight excluding hydrogens is 212 g/mol. The number of hydrogen-bond acceptors (Lipinski definition) is 3. The molecule has 2 rings (SSSR count). The minimum atomic E-state index is 0.264. The van der Waals surface area contributed by atoms with Crippen LogP contribution in [0.25, 0.3) is 0 Å². The second kappa shape index (κ2) is 5.09. The van der Waals surface area contributed by atoms with Crippen molar-refractivity contribution in [2.45, 2.75) is 51.8 Å². The minimum Gasteiger partial charge on any atom is -0.378 e. The topological polar surface area (TPSA) is 47.3 Å². The van der Waals surface area contributed by atoms with Gasteiger partial charge in [-0.15, -0.1) is 0 Å². The smallest absolute Gasteiger partial charge is 0.0655 e. The fraction of sp³-hybridized carbons (Fsp3) is 0.857. The van der Waals surface area contributed by atoms with E-state index in [4.69, 9.17) is 10.5 Å². The van der Waals surface area contributed by atoms with E-state index in [1.807, 2.05) is 0 Å². The zero-order valence-corrected chi connectivity index (χ0v) is 11.3. The number of rotatable bonds is 5. The van der Waals surface area contributed by atoms with Gasteiger partial charge in [-0.3, -0.25) is 0 Å². The van der Waals surface area contributed by atoms with Crippen molar-refractivity contribution in [3.05, 3.63) is 12.2 Å². The molecule has 0 aromatic carbocycles. The van der Waals surface area contributed by atoms with Crippen LogP contribution in [-0.2, 0) is 4.74 Å². The first-order chi connectivity index (χ1) is 8.04. The highest BCUT2D eigenvalue weighted by molar-refractivity contribution is 5.07. The Morgan fingerprint density at radius 1 is 1.35 bits per heavy atom. The predicted molar refractivity (Wildman–Crippen MR) is 70.8 cm³/mol. The maximum Gasteiger partial charge on any atom is 0.0655 e. The van der Waals surface area contributed by atoms with Crippen molar-refractivity contribution in [3.63, 3.8) is 0 Å². The Morgan fingerprint density at radius 2 is 2.12 bits per heavy atom. The number of nitrogens with two attached hydrogens (primary N) is 1. The van der Waals surface area contributed by atoms with Crippen LogP contribution in [0.2, 0.25) is 0 Å². The first-order valence-corrected chi connectivity index (χ1v) is 6.83. The summed E-state index contributed by atoms with van der Waals surface area (Å²) in [5.41, 5.74) is 6.12. The summed E-state index contributed by atoms with van der Waals surface area (Å²) < 4.78 is 5.74. The Bertz CT molecular complexity index is 288. The molecule has 0 aliphatic heterocycles. The lowest BCUT2D eigenvalue weighted by Gasteiger charge is -2.52. The zero-order chi connectivity index (χ0) is 12.5. The highest BCUT2D eigenvalue weighted by Crippen LogP contribution is 2.42. The van der Waals surface area contributed by atoms with Crippen LogP contribution in [0.3, 0.4) is 0 Å². The second-order valence-electron chi connectivity index (χ2n) is 6.01. The molecule has 17 heavy (non-hydrogen) atoms. The maximum atomic E-state index is 5.86. The lowest BCUT2D eigenvalue weighted by molar-refractivity contribution is -0.114. The van der Waals surface area contributed by atoms with Crippen molar-refractivity contribution in [2.24, 2.45) is 17.1 Å². The summed E-state index contributed by atoms with van der Waals surface area (Å²) in [6.07, 6.45) is 7.04. The molecule has 0 saturated heterocycles. The summed E-state index contributed by atoms with van der Waals surface area (Å²) in [6.45, 7) is 8.54. The van der Waals surface area contributed by atoms with Gasteiger partial charge in [0.15, 0.2) is 0 Å². The molecule has 0 spiro atoms. The van der Waals surface area contributed by atoms with Gasteiger partial charge in [-0.05, 0) is 25.7 Å². The molecule has 0 aromatic rings. The average molecular weight is 238 g/mol. The quantitative estimate of drug-likeness (QED) is 0.716. The number of nitrogens with one attached hydrogen (secondary N) is 1. The van der Waals surface area contributed by atoms with Crippen molar-refractivity contribution in [3.8, 4) is 0 Å². The van der Waals surface area contributed by atoms with Crippen molar-refractivity contribution in [1.29, 1.82) is 0 Å². The van der Waals surface area contributed by atoms with E-state index in [9.17, 15) is 0 Å². The third-order valence-corrected chi connectivity index (χ3v) is 4.38. The molecule has 2 aliphatic carbocycles. The van der Waals surface area contributed by atoms with Gasteiger partial charge in [0.25, 0.3) is 0 Å². The molecule has 2 aliphatic rings. The predicted octanol–water partition coefficient (Wildman–Crippen LogP) is 1.68. The normalized spacial score (nSPS) is 39.3. The monoisotopic (exact) mass is 238 g/mol. The molecule has 0 bridgehead atoms. The number of ether oxygens (including phenoxy) is 1. The molecule has 1 saturated carbocycles. The van der Waals surface area contributed by atoms with Gasteiger partial charge < -0.3 is 15.8 Å². The maximum absolute atomic E-state index is 5.86. The molecule has 0 aromatic heterocycles. The van der Waals surface area contributed by atoms with E-state index in [-0.39, 0.29) is 11.5 Å². The lowest BCUT2D eigenvalue weighted by Crippen LogP contribution is -2.61. The van der Waals surface area contributed by atoms with Gasteiger partial charge in [-0.25, -0.2) is 0 Å². The largest absolute Gasteiger partial charge is 0.378 e. The number of hydrogen-bond donors (Lipinski definition) is 2. The van der Waals surface area contributed by atoms with Crippen LogP contribution < -0.4 is 11.1 Å². The van der Waals surface area contributed by atoms with Gasteiger partial charge in [0, 0.05) is 30.7 Å². The molecule has 3 heteroatoms. The first-order valence-electron chi connectivity index (χ1n) is 6.83. The third-order valence-electron chi connectivity index (χ3n) is 4.38. The molecular formula is C14H26N2O. The summed E-state index contributed by atoms with van der Waals surface area (Å²) >= 11 is 0. The molecule has 0 heterocycles. The summed E-state index contributed by atoms with van der Waals surface area (Å²) in [7, 11) is 0. The van der Waals surface area contributed by atoms with Gasteiger partial charge >= 0.3 is 0 Å². The van der Waals surface area contributed by atoms with Crippen LogP contribution in [0.5, 0.6) is 0 Å². The van der Waals surface area contributed by atoms with Crippen LogP contribution in [0.4, 0.5) is 0 Å². The van der Waals surface area contributed by atoms with E-state index >= 15 is 0 Å². The molecule has 0 radical (unpaired) electrons. The van der Waals surface area contributed by atoms with E-state index in [0.717, 1.165) is 26.0 Å². The Balaban J connectivity index is 1.73. The summed E-state index contributed by atoms with van der Waals surface area (Å²) in [4.78, 5) is 0. The van der Waals surface area contributed by atoms with Crippen molar-refractivity contribution < 1.29 is 4.74 Å². The van der Waals surface area contributed by atoms with Crippen molar-refractivity contribution in [1.82, 2.24) is 5.32 Å². The molecule has 98 valence electrons. The molecule has 4 unspecified atom stereocenters. The summed E-state index contributed by atoms with van der Waals surface area (Å²) in [5, 5.41) is 3.67. The van der Waals surface area contributed by atoms with E-state index in [1.165, 1.54) is 0 Å². The third kappa shape index (κ3) is 2.72. The minimum absolute atomic E-state index is 0.264. The Hall–Kier alpha value is -0.380. The van der Waals surface area contributed by atoms with E-state index in [1.54, 1.807) is 0 Å². The Morgan fingerprint density at radius 3 is 2.65 bits per heavy atom. The van der Waals surface area contributed by atoms with Crippen LogP contribution in [-0.4, -0.2) is 31.3 Å². The van der Waals surface area contributed by atoms with Crippen molar-refractivity contribution in [2.75, 3.05) is 13.2 Å². The Kier molecular flexibility index (Phi) is 3.91. The van der Waals surface area contributed by atoms with Gasteiger partial charge in [0.1, 0.15) is 0 Å². The molecule has 4 atom stereocenters. The van der Waals surface area contributed by atoms with Crippen molar-refractivity contribution >= 4 is 0 Å². The average Bonchev–Trinajstić information content (AvgIpc) is 2.68. The Labute approximate surface area is 105 Å². The van der Waals surface area contributed by atoms with E-state index in [2.05, 4.69) is 38.2 Å². The highest BCUT2D eigenvalue weighted by atomic mass is 16.5. The van der Waals surface area contributed by atoms with Gasteiger partial charge in [-0.2, -0.15) is 0 Å².